The number of fused-ring (bicyclic) bond motifs is 1. The molecule has 0 aliphatic carbocycles. The van der Waals surface area contributed by atoms with E-state index < -0.39 is 0 Å². The molecule has 1 aromatic carbocycles. The topological polar surface area (TPSA) is 82.2 Å². The third kappa shape index (κ3) is 3.07. The van der Waals surface area contributed by atoms with Crippen LogP contribution in [0.4, 0.5) is 0 Å². The van der Waals surface area contributed by atoms with Gasteiger partial charge in [-0.05, 0) is 31.2 Å². The Morgan fingerprint density at radius 1 is 1.22 bits per heavy atom. The number of aromatic nitrogens is 4. The molecule has 1 saturated heterocycles. The minimum Gasteiger partial charge on any atom is -0.481 e. The smallest absolute Gasteiger partial charge is 0.266 e. The summed E-state index contributed by atoms with van der Waals surface area (Å²) < 4.78 is 8.48. The highest BCUT2D eigenvalue weighted by atomic mass is 16.5. The molecule has 0 N–H and O–H groups in total. The van der Waals surface area contributed by atoms with Gasteiger partial charge >= 0.3 is 0 Å². The molecular formula is C19H21N5O3. The van der Waals surface area contributed by atoms with Crippen molar-refractivity contribution in [1.82, 2.24) is 24.5 Å². The van der Waals surface area contributed by atoms with Crippen molar-refractivity contribution in [2.45, 2.75) is 13.5 Å². The van der Waals surface area contributed by atoms with Gasteiger partial charge in [0, 0.05) is 37.7 Å². The summed E-state index contributed by atoms with van der Waals surface area (Å²) in [5, 5.41) is 9.52. The van der Waals surface area contributed by atoms with Gasteiger partial charge in [-0.1, -0.05) is 0 Å². The monoisotopic (exact) mass is 367 g/mol. The van der Waals surface area contributed by atoms with Gasteiger partial charge in [-0.15, -0.1) is 0 Å². The van der Waals surface area contributed by atoms with E-state index in [0.29, 0.717) is 31.1 Å². The lowest BCUT2D eigenvalue weighted by molar-refractivity contribution is 0.0458. The summed E-state index contributed by atoms with van der Waals surface area (Å²) >= 11 is 0. The van der Waals surface area contributed by atoms with Gasteiger partial charge in [0.1, 0.15) is 0 Å². The predicted molar refractivity (Wildman–Crippen MR) is 99.9 cm³/mol. The van der Waals surface area contributed by atoms with Gasteiger partial charge in [0.05, 0.1) is 30.3 Å². The number of ether oxygens (including phenoxy) is 1. The summed E-state index contributed by atoms with van der Waals surface area (Å²) in [5.74, 6) is 0.881. The number of carbonyl (C=O) groups excluding carboxylic acids is 1. The molecule has 1 aliphatic heterocycles. The van der Waals surface area contributed by atoms with E-state index in [1.807, 2.05) is 20.0 Å². The van der Waals surface area contributed by atoms with Crippen LogP contribution in [0.25, 0.3) is 10.9 Å². The number of aryl methyl sites for hydroxylation is 2. The molecule has 140 valence electrons. The number of methoxy groups -OCH3 is 1. The maximum absolute atomic E-state index is 12.7. The second-order valence-corrected chi connectivity index (χ2v) is 6.94. The summed E-state index contributed by atoms with van der Waals surface area (Å²) in [7, 11) is 3.41. The Morgan fingerprint density at radius 2 is 2.00 bits per heavy atom. The number of likely N-dealkylation sites (tertiary alicyclic amines) is 1. The van der Waals surface area contributed by atoms with E-state index in [9.17, 15) is 9.59 Å². The van der Waals surface area contributed by atoms with Crippen LogP contribution in [0.3, 0.4) is 0 Å². The van der Waals surface area contributed by atoms with Gasteiger partial charge in [0.15, 0.2) is 0 Å². The number of hydrogen-bond acceptors (Lipinski definition) is 5. The Balaban J connectivity index is 1.45. The normalized spacial score (nSPS) is 14.4. The molecule has 3 heterocycles. The molecule has 0 unspecified atom stereocenters. The van der Waals surface area contributed by atoms with E-state index in [2.05, 4.69) is 10.2 Å². The van der Waals surface area contributed by atoms with E-state index in [-0.39, 0.29) is 17.4 Å². The molecule has 8 heteroatoms. The summed E-state index contributed by atoms with van der Waals surface area (Å²) in [5.41, 5.74) is 2.03. The highest BCUT2D eigenvalue weighted by molar-refractivity contribution is 5.99. The fourth-order valence-corrected chi connectivity index (χ4v) is 3.51. The first-order valence-electron chi connectivity index (χ1n) is 8.81. The SMILES string of the molecule is COc1c2ccc(C(=O)N3CC(Cn4nc(C)ccc4=O)C3)cc2nn1C. The van der Waals surface area contributed by atoms with Crippen molar-refractivity contribution in [1.29, 1.82) is 0 Å². The van der Waals surface area contributed by atoms with Crippen molar-refractivity contribution < 1.29 is 9.53 Å². The van der Waals surface area contributed by atoms with Crippen LogP contribution in [-0.4, -0.2) is 50.6 Å². The van der Waals surface area contributed by atoms with Crippen LogP contribution in [-0.2, 0) is 13.6 Å². The van der Waals surface area contributed by atoms with Crippen molar-refractivity contribution >= 4 is 16.8 Å². The van der Waals surface area contributed by atoms with Crippen molar-refractivity contribution in [2.75, 3.05) is 20.2 Å². The molecule has 0 radical (unpaired) electrons. The molecule has 0 saturated carbocycles. The van der Waals surface area contributed by atoms with E-state index in [0.717, 1.165) is 16.6 Å². The number of carbonyl (C=O) groups is 1. The van der Waals surface area contributed by atoms with E-state index >= 15 is 0 Å². The van der Waals surface area contributed by atoms with Gasteiger partial charge in [0.2, 0.25) is 5.88 Å². The van der Waals surface area contributed by atoms with Crippen LogP contribution < -0.4 is 10.3 Å². The Bertz CT molecular complexity index is 1080. The number of nitrogens with zero attached hydrogens (tertiary/aromatic N) is 5. The van der Waals surface area contributed by atoms with Crippen LogP contribution >= 0.6 is 0 Å². The number of benzene rings is 1. The van der Waals surface area contributed by atoms with E-state index in [1.54, 1.807) is 34.9 Å². The lowest BCUT2D eigenvalue weighted by Gasteiger charge is -2.39. The average molecular weight is 367 g/mol. The standard InChI is InChI=1S/C19H21N5O3/c1-12-4-7-17(25)24(20-12)11-13-9-23(10-13)18(26)14-5-6-15-16(8-14)21-22(2)19(15)27-3/h4-8,13H,9-11H2,1-3H3. The van der Waals surface area contributed by atoms with Crippen LogP contribution in [0.1, 0.15) is 16.1 Å². The van der Waals surface area contributed by atoms with Crippen molar-refractivity contribution in [3.05, 3.63) is 51.9 Å². The zero-order chi connectivity index (χ0) is 19.1. The van der Waals surface area contributed by atoms with Crippen LogP contribution in [0.15, 0.2) is 35.1 Å². The van der Waals surface area contributed by atoms with Crippen molar-refractivity contribution in [3.8, 4) is 5.88 Å². The number of rotatable bonds is 4. The fraction of sp³-hybridized carbons (Fsp3) is 0.368. The second kappa shape index (κ2) is 6.53. The average Bonchev–Trinajstić information content (AvgIpc) is 2.94. The molecule has 1 aliphatic rings. The maximum Gasteiger partial charge on any atom is 0.266 e. The number of amides is 1. The second-order valence-electron chi connectivity index (χ2n) is 6.94. The molecule has 4 rings (SSSR count). The minimum absolute atomic E-state index is 0.0256. The highest BCUT2D eigenvalue weighted by Gasteiger charge is 2.32. The Kier molecular flexibility index (Phi) is 4.18. The first kappa shape index (κ1) is 17.3. The third-order valence-corrected chi connectivity index (χ3v) is 4.90. The minimum atomic E-state index is -0.111. The van der Waals surface area contributed by atoms with Gasteiger partial charge in [-0.2, -0.15) is 10.2 Å². The zero-order valence-corrected chi connectivity index (χ0v) is 15.5. The molecule has 0 bridgehead atoms. The molecule has 2 aromatic heterocycles. The maximum atomic E-state index is 12.7. The van der Waals surface area contributed by atoms with E-state index in [4.69, 9.17) is 4.74 Å². The van der Waals surface area contributed by atoms with Crippen LogP contribution in [0.5, 0.6) is 5.88 Å². The first-order valence-corrected chi connectivity index (χ1v) is 8.81. The molecule has 1 amide bonds. The Labute approximate surface area is 156 Å². The molecule has 8 nitrogen and oxygen atoms in total. The van der Waals surface area contributed by atoms with Gasteiger partial charge in [0.25, 0.3) is 11.5 Å². The fourth-order valence-electron chi connectivity index (χ4n) is 3.51. The summed E-state index contributed by atoms with van der Waals surface area (Å²) in [6.45, 7) is 3.62. The lowest BCUT2D eigenvalue weighted by Crippen LogP contribution is -2.52. The van der Waals surface area contributed by atoms with Gasteiger partial charge < -0.3 is 9.64 Å². The van der Waals surface area contributed by atoms with Gasteiger partial charge in [-0.3, -0.25) is 9.59 Å². The Morgan fingerprint density at radius 3 is 2.74 bits per heavy atom. The van der Waals surface area contributed by atoms with E-state index in [1.165, 1.54) is 10.7 Å². The molecule has 0 atom stereocenters. The van der Waals surface area contributed by atoms with Crippen LogP contribution in [0, 0.1) is 12.8 Å². The summed E-state index contributed by atoms with van der Waals surface area (Å²) in [6.07, 6.45) is 0. The van der Waals surface area contributed by atoms with Gasteiger partial charge in [-0.25, -0.2) is 9.36 Å². The molecule has 0 spiro atoms. The largest absolute Gasteiger partial charge is 0.481 e. The zero-order valence-electron chi connectivity index (χ0n) is 15.5. The lowest BCUT2D eigenvalue weighted by atomic mass is 9.98. The first-order chi connectivity index (χ1) is 13.0. The van der Waals surface area contributed by atoms with Crippen molar-refractivity contribution in [3.63, 3.8) is 0 Å². The quantitative estimate of drug-likeness (QED) is 0.692. The summed E-state index contributed by atoms with van der Waals surface area (Å²) in [6, 6.07) is 8.69. The predicted octanol–water partition coefficient (Wildman–Crippen LogP) is 1.22. The number of hydrogen-bond donors (Lipinski definition) is 0. The van der Waals surface area contributed by atoms with Crippen molar-refractivity contribution in [2.24, 2.45) is 13.0 Å². The molecule has 27 heavy (non-hydrogen) atoms. The highest BCUT2D eigenvalue weighted by Crippen LogP contribution is 2.27. The molecule has 3 aromatic rings. The third-order valence-electron chi connectivity index (χ3n) is 4.90. The van der Waals surface area contributed by atoms with Crippen LogP contribution in [0.2, 0.25) is 0 Å². The molecular weight excluding hydrogens is 346 g/mol. The molecule has 1 fully saturated rings. The summed E-state index contributed by atoms with van der Waals surface area (Å²) in [4.78, 5) is 26.4. The Hall–Kier alpha value is -3.16.